The van der Waals surface area contributed by atoms with Crippen molar-refractivity contribution in [2.75, 3.05) is 13.2 Å². The summed E-state index contributed by atoms with van der Waals surface area (Å²) in [5.41, 5.74) is 0. The molecule has 0 aliphatic heterocycles. The van der Waals surface area contributed by atoms with Crippen molar-refractivity contribution >= 4 is 17.9 Å². The molecule has 0 aliphatic carbocycles. The van der Waals surface area contributed by atoms with Crippen molar-refractivity contribution in [2.24, 2.45) is 11.8 Å². The molecule has 61 heavy (non-hydrogen) atoms. The summed E-state index contributed by atoms with van der Waals surface area (Å²) in [6.07, 6.45) is 49.5. The molecule has 0 aromatic rings. The van der Waals surface area contributed by atoms with Gasteiger partial charge in [-0.1, -0.05) is 266 Å². The Morgan fingerprint density at radius 1 is 0.344 bits per heavy atom. The van der Waals surface area contributed by atoms with Gasteiger partial charge in [0.15, 0.2) is 6.10 Å². The summed E-state index contributed by atoms with van der Waals surface area (Å²) in [5.74, 6) is 0.819. The zero-order valence-electron chi connectivity index (χ0n) is 41.8. The summed E-state index contributed by atoms with van der Waals surface area (Å²) >= 11 is 0. The van der Waals surface area contributed by atoms with Crippen LogP contribution in [0.15, 0.2) is 0 Å². The smallest absolute Gasteiger partial charge is 0.306 e. The molecular weight excluding hydrogens is 757 g/mol. The van der Waals surface area contributed by atoms with Crippen LogP contribution in [-0.4, -0.2) is 37.2 Å². The van der Waals surface area contributed by atoms with E-state index in [2.05, 4.69) is 34.6 Å². The van der Waals surface area contributed by atoms with Crippen LogP contribution in [0.5, 0.6) is 0 Å². The molecule has 0 rings (SSSR count). The fourth-order valence-corrected chi connectivity index (χ4v) is 8.31. The second-order valence-corrected chi connectivity index (χ2v) is 19.6. The van der Waals surface area contributed by atoms with E-state index >= 15 is 0 Å². The van der Waals surface area contributed by atoms with Crippen molar-refractivity contribution in [3.8, 4) is 0 Å². The number of ether oxygens (including phenoxy) is 3. The molecule has 1 unspecified atom stereocenters. The molecule has 0 fully saturated rings. The van der Waals surface area contributed by atoms with Crippen LogP contribution in [0.2, 0.25) is 0 Å². The fraction of sp³-hybridized carbons (Fsp3) is 0.945. The molecule has 0 aliphatic rings. The van der Waals surface area contributed by atoms with Gasteiger partial charge in [-0.3, -0.25) is 14.4 Å². The van der Waals surface area contributed by atoms with E-state index in [1.165, 1.54) is 193 Å². The molecule has 0 bridgehead atoms. The van der Waals surface area contributed by atoms with Crippen LogP contribution in [0.3, 0.4) is 0 Å². The molecule has 362 valence electrons. The molecule has 0 aromatic heterocycles. The van der Waals surface area contributed by atoms with Crippen LogP contribution in [0.1, 0.15) is 304 Å². The summed E-state index contributed by atoms with van der Waals surface area (Å²) in [5, 5.41) is 0. The lowest BCUT2D eigenvalue weighted by Crippen LogP contribution is -2.30. The zero-order valence-corrected chi connectivity index (χ0v) is 41.8. The van der Waals surface area contributed by atoms with Gasteiger partial charge in [-0.05, 0) is 31.1 Å². The van der Waals surface area contributed by atoms with Crippen LogP contribution in [0.4, 0.5) is 0 Å². The largest absolute Gasteiger partial charge is 0.462 e. The van der Waals surface area contributed by atoms with E-state index in [0.29, 0.717) is 19.3 Å². The molecule has 0 heterocycles. The first-order chi connectivity index (χ1) is 29.8. The van der Waals surface area contributed by atoms with Crippen LogP contribution in [0.25, 0.3) is 0 Å². The van der Waals surface area contributed by atoms with Crippen molar-refractivity contribution in [1.29, 1.82) is 0 Å². The number of hydrogen-bond acceptors (Lipinski definition) is 6. The monoisotopic (exact) mass is 863 g/mol. The highest BCUT2D eigenvalue weighted by molar-refractivity contribution is 5.71. The molecule has 0 saturated carbocycles. The Kier molecular flexibility index (Phi) is 46.6. The quantitative estimate of drug-likeness (QED) is 0.0344. The molecule has 0 spiro atoms. The summed E-state index contributed by atoms with van der Waals surface area (Å²) < 4.78 is 16.8. The SMILES string of the molecule is CCCCCCCCCCCCCCCCC(=O)OC[C@H](COC(=O)CCCCCCCCC(C)CC)OC(=O)CCCCCCCCCCCCCCCCCCC(C)C. The van der Waals surface area contributed by atoms with Crippen molar-refractivity contribution in [2.45, 2.75) is 310 Å². The van der Waals surface area contributed by atoms with Gasteiger partial charge in [0, 0.05) is 19.3 Å². The molecule has 6 heteroatoms. The maximum absolute atomic E-state index is 12.8. The highest BCUT2D eigenvalue weighted by Crippen LogP contribution is 2.18. The topological polar surface area (TPSA) is 78.9 Å². The normalized spacial score (nSPS) is 12.5. The summed E-state index contributed by atoms with van der Waals surface area (Å²) in [6.45, 7) is 11.4. The van der Waals surface area contributed by atoms with E-state index in [1.807, 2.05) is 0 Å². The summed E-state index contributed by atoms with van der Waals surface area (Å²) in [4.78, 5) is 38.0. The Balaban J connectivity index is 4.26. The van der Waals surface area contributed by atoms with Crippen molar-refractivity contribution in [1.82, 2.24) is 0 Å². The molecule has 0 amide bonds. The predicted molar refractivity (Wildman–Crippen MR) is 261 cm³/mol. The Hall–Kier alpha value is -1.59. The van der Waals surface area contributed by atoms with Crippen LogP contribution >= 0.6 is 0 Å². The van der Waals surface area contributed by atoms with Crippen molar-refractivity contribution in [3.05, 3.63) is 0 Å². The Morgan fingerprint density at radius 3 is 0.934 bits per heavy atom. The van der Waals surface area contributed by atoms with Gasteiger partial charge in [-0.2, -0.15) is 0 Å². The number of hydrogen-bond donors (Lipinski definition) is 0. The minimum absolute atomic E-state index is 0.0638. The highest BCUT2D eigenvalue weighted by Gasteiger charge is 2.19. The number of rotatable bonds is 49. The molecule has 0 saturated heterocycles. The van der Waals surface area contributed by atoms with E-state index in [9.17, 15) is 14.4 Å². The first kappa shape index (κ1) is 59.4. The maximum atomic E-state index is 12.8. The molecule has 0 N–H and O–H groups in total. The molecule has 0 aromatic carbocycles. The average molecular weight is 863 g/mol. The first-order valence-corrected chi connectivity index (χ1v) is 27.3. The van der Waals surface area contributed by atoms with Crippen molar-refractivity contribution in [3.63, 3.8) is 0 Å². The van der Waals surface area contributed by atoms with E-state index in [4.69, 9.17) is 14.2 Å². The van der Waals surface area contributed by atoms with E-state index in [0.717, 1.165) is 69.6 Å². The third-order valence-corrected chi connectivity index (χ3v) is 12.8. The minimum Gasteiger partial charge on any atom is -0.462 e. The van der Waals surface area contributed by atoms with Gasteiger partial charge in [0.2, 0.25) is 0 Å². The maximum Gasteiger partial charge on any atom is 0.306 e. The van der Waals surface area contributed by atoms with Gasteiger partial charge in [-0.15, -0.1) is 0 Å². The zero-order chi connectivity index (χ0) is 44.7. The molecule has 0 radical (unpaired) electrons. The lowest BCUT2D eigenvalue weighted by molar-refractivity contribution is -0.167. The Morgan fingerprint density at radius 2 is 0.623 bits per heavy atom. The molecule has 2 atom stereocenters. The second kappa shape index (κ2) is 47.9. The predicted octanol–water partition coefficient (Wildman–Crippen LogP) is 17.7. The van der Waals surface area contributed by atoms with E-state index < -0.39 is 6.10 Å². The average Bonchev–Trinajstić information content (AvgIpc) is 3.24. The van der Waals surface area contributed by atoms with Crippen LogP contribution in [0, 0.1) is 11.8 Å². The van der Waals surface area contributed by atoms with Crippen molar-refractivity contribution < 1.29 is 28.6 Å². The number of unbranched alkanes of at least 4 members (excludes halogenated alkanes) is 33. The Bertz CT molecular complexity index is 933. The number of esters is 3. The third-order valence-electron chi connectivity index (χ3n) is 12.8. The Labute approximate surface area is 380 Å². The standard InChI is InChI=1S/C55H106O6/c1-6-8-9-10-11-12-13-14-20-23-26-29-35-40-45-53(56)59-48-52(49-60-54(57)46-41-36-32-31-34-39-44-51(5)7-2)61-55(58)47-42-37-30-27-24-21-18-16-15-17-19-22-25-28-33-38-43-50(3)4/h50-52H,6-49H2,1-5H3/t51?,52-/m1/s1. The summed E-state index contributed by atoms with van der Waals surface area (Å²) in [6, 6.07) is 0. The molecular formula is C55H106O6. The van der Waals surface area contributed by atoms with Gasteiger partial charge >= 0.3 is 17.9 Å². The third kappa shape index (κ3) is 47.7. The lowest BCUT2D eigenvalue weighted by Gasteiger charge is -2.18. The first-order valence-electron chi connectivity index (χ1n) is 27.3. The summed E-state index contributed by atoms with van der Waals surface area (Å²) in [7, 11) is 0. The number of carbonyl (C=O) groups is 3. The minimum atomic E-state index is -0.762. The number of carbonyl (C=O) groups excluding carboxylic acids is 3. The van der Waals surface area contributed by atoms with E-state index in [-0.39, 0.29) is 31.1 Å². The van der Waals surface area contributed by atoms with Gasteiger partial charge in [0.25, 0.3) is 0 Å². The fourth-order valence-electron chi connectivity index (χ4n) is 8.31. The lowest BCUT2D eigenvalue weighted by atomic mass is 10.00. The molecule has 6 nitrogen and oxygen atoms in total. The van der Waals surface area contributed by atoms with Gasteiger partial charge in [0.05, 0.1) is 0 Å². The van der Waals surface area contributed by atoms with Gasteiger partial charge < -0.3 is 14.2 Å². The van der Waals surface area contributed by atoms with Gasteiger partial charge in [-0.25, -0.2) is 0 Å². The second-order valence-electron chi connectivity index (χ2n) is 19.6. The van der Waals surface area contributed by atoms with Crippen LogP contribution in [-0.2, 0) is 28.6 Å². The van der Waals surface area contributed by atoms with Gasteiger partial charge in [0.1, 0.15) is 13.2 Å². The highest BCUT2D eigenvalue weighted by atomic mass is 16.6. The van der Waals surface area contributed by atoms with E-state index in [1.54, 1.807) is 0 Å². The van der Waals surface area contributed by atoms with Crippen LogP contribution < -0.4 is 0 Å².